The Morgan fingerprint density at radius 3 is 3.09 bits per heavy atom. The van der Waals surface area contributed by atoms with Gasteiger partial charge in [-0.1, -0.05) is 0 Å². The molecule has 6 heteroatoms. The fraction of sp³-hybridized carbons (Fsp3) is 0.588. The molecule has 1 aromatic carbocycles. The van der Waals surface area contributed by atoms with E-state index in [0.717, 1.165) is 56.7 Å². The molecule has 2 aliphatic rings. The first-order valence-corrected chi connectivity index (χ1v) is 8.52. The largest absolute Gasteiger partial charge is 0.380 e. The highest BCUT2D eigenvalue weighted by molar-refractivity contribution is 5.77. The van der Waals surface area contributed by atoms with E-state index < -0.39 is 0 Å². The number of aryl methyl sites for hydroxylation is 1. The van der Waals surface area contributed by atoms with Gasteiger partial charge in [-0.25, -0.2) is 4.98 Å². The maximum absolute atomic E-state index is 5.64. The summed E-state index contributed by atoms with van der Waals surface area (Å²) in [5.41, 5.74) is 10.2. The van der Waals surface area contributed by atoms with Crippen molar-refractivity contribution in [3.63, 3.8) is 0 Å². The van der Waals surface area contributed by atoms with Gasteiger partial charge in [-0.15, -0.1) is 10.2 Å². The number of rotatable bonds is 3. The lowest BCUT2D eigenvalue weighted by atomic mass is 9.97. The van der Waals surface area contributed by atoms with E-state index >= 15 is 0 Å². The van der Waals surface area contributed by atoms with Crippen LogP contribution in [-0.2, 0) is 11.2 Å². The van der Waals surface area contributed by atoms with Gasteiger partial charge in [0, 0.05) is 19.7 Å². The van der Waals surface area contributed by atoms with Gasteiger partial charge >= 0.3 is 0 Å². The van der Waals surface area contributed by atoms with Crippen LogP contribution in [0.15, 0.2) is 12.1 Å². The Labute approximate surface area is 136 Å². The van der Waals surface area contributed by atoms with Crippen LogP contribution < -0.4 is 5.73 Å². The molecular weight excluding hydrogens is 290 g/mol. The van der Waals surface area contributed by atoms with Crippen molar-refractivity contribution >= 4 is 17.0 Å². The van der Waals surface area contributed by atoms with Crippen LogP contribution in [0, 0.1) is 0 Å². The average molecular weight is 313 g/mol. The summed E-state index contributed by atoms with van der Waals surface area (Å²) in [6.45, 7) is 5.15. The van der Waals surface area contributed by atoms with Crippen LogP contribution in [-0.4, -0.2) is 52.9 Å². The van der Waals surface area contributed by atoms with Gasteiger partial charge in [0.25, 0.3) is 0 Å². The van der Waals surface area contributed by atoms with Crippen LogP contribution in [0.1, 0.15) is 36.3 Å². The molecule has 0 saturated carbocycles. The van der Waals surface area contributed by atoms with Gasteiger partial charge in [-0.3, -0.25) is 0 Å². The Morgan fingerprint density at radius 2 is 2.13 bits per heavy atom. The molecule has 2 N–H and O–H groups in total. The Hall–Kier alpha value is -1.79. The van der Waals surface area contributed by atoms with Gasteiger partial charge in [0.05, 0.1) is 12.1 Å². The molecule has 0 spiro atoms. The van der Waals surface area contributed by atoms with Crippen molar-refractivity contribution in [3.05, 3.63) is 23.3 Å². The van der Waals surface area contributed by atoms with Gasteiger partial charge in [0.15, 0.2) is 0 Å². The van der Waals surface area contributed by atoms with E-state index in [-0.39, 0.29) is 5.95 Å². The average Bonchev–Trinajstić information content (AvgIpc) is 2.77. The highest BCUT2D eigenvalue weighted by Crippen LogP contribution is 2.37. The van der Waals surface area contributed by atoms with E-state index in [2.05, 4.69) is 32.2 Å². The second-order valence-corrected chi connectivity index (χ2v) is 6.54. The first-order valence-electron chi connectivity index (χ1n) is 8.52. The van der Waals surface area contributed by atoms with Gasteiger partial charge in [-0.2, -0.15) is 0 Å². The normalized spacial score (nSPS) is 22.2. The van der Waals surface area contributed by atoms with E-state index in [4.69, 9.17) is 10.5 Å². The molecule has 1 saturated heterocycles. The Balaban J connectivity index is 1.49. The third-order valence-corrected chi connectivity index (χ3v) is 5.04. The molecule has 122 valence electrons. The smallest absolute Gasteiger partial charge is 0.240 e. The minimum atomic E-state index is 0.246. The predicted molar refractivity (Wildman–Crippen MR) is 89.3 cm³/mol. The van der Waals surface area contributed by atoms with Crippen molar-refractivity contribution in [2.24, 2.45) is 0 Å². The van der Waals surface area contributed by atoms with E-state index in [9.17, 15) is 0 Å². The number of hydrogen-bond donors (Lipinski definition) is 1. The van der Waals surface area contributed by atoms with Crippen LogP contribution in [0.2, 0.25) is 0 Å². The molecule has 2 aromatic rings. The zero-order valence-corrected chi connectivity index (χ0v) is 13.4. The summed E-state index contributed by atoms with van der Waals surface area (Å²) < 4.78 is 5.54. The van der Waals surface area contributed by atoms with Crippen LogP contribution in [0.4, 0.5) is 5.95 Å². The SMILES string of the molecule is Nc1nnc2cc3c(cc2n1)CCC3CCN1CCCOCC1. The summed E-state index contributed by atoms with van der Waals surface area (Å²) in [5.74, 6) is 0.869. The lowest BCUT2D eigenvalue weighted by Crippen LogP contribution is -2.28. The van der Waals surface area contributed by atoms with Gasteiger partial charge in [0.2, 0.25) is 5.95 Å². The first-order chi connectivity index (χ1) is 11.3. The lowest BCUT2D eigenvalue weighted by Gasteiger charge is -2.21. The molecule has 0 amide bonds. The zero-order valence-electron chi connectivity index (χ0n) is 13.4. The topological polar surface area (TPSA) is 77.2 Å². The molecular formula is C17H23N5O. The number of aromatic nitrogens is 3. The van der Waals surface area contributed by atoms with Gasteiger partial charge in [-0.05, 0) is 61.4 Å². The van der Waals surface area contributed by atoms with Crippen molar-refractivity contribution in [1.29, 1.82) is 0 Å². The second kappa shape index (κ2) is 6.37. The fourth-order valence-electron chi connectivity index (χ4n) is 3.80. The number of nitrogens with zero attached hydrogens (tertiary/aromatic N) is 4. The monoisotopic (exact) mass is 313 g/mol. The second-order valence-electron chi connectivity index (χ2n) is 6.54. The third-order valence-electron chi connectivity index (χ3n) is 5.04. The number of benzene rings is 1. The minimum Gasteiger partial charge on any atom is -0.380 e. The van der Waals surface area contributed by atoms with E-state index in [1.165, 1.54) is 24.0 Å². The van der Waals surface area contributed by atoms with Crippen molar-refractivity contribution in [2.45, 2.75) is 31.6 Å². The molecule has 1 aliphatic heterocycles. The highest BCUT2D eigenvalue weighted by Gasteiger charge is 2.24. The highest BCUT2D eigenvalue weighted by atomic mass is 16.5. The number of ether oxygens (including phenoxy) is 1. The number of hydrogen-bond acceptors (Lipinski definition) is 6. The number of nitrogen functional groups attached to an aromatic ring is 1. The zero-order chi connectivity index (χ0) is 15.6. The molecule has 1 atom stereocenters. The van der Waals surface area contributed by atoms with E-state index in [1.54, 1.807) is 0 Å². The van der Waals surface area contributed by atoms with Crippen molar-refractivity contribution < 1.29 is 4.74 Å². The molecule has 1 unspecified atom stereocenters. The standard InChI is InChI=1S/C17H23N5O/c18-17-19-15-10-13-3-2-12(14(13)11-16(15)20-21-17)4-6-22-5-1-8-23-9-7-22/h10-12H,1-9H2,(H2,18,19,21). The molecule has 23 heavy (non-hydrogen) atoms. The Bertz CT molecular complexity index is 697. The summed E-state index contributed by atoms with van der Waals surface area (Å²) >= 11 is 0. The summed E-state index contributed by atoms with van der Waals surface area (Å²) in [6.07, 6.45) is 4.70. The molecule has 0 radical (unpaired) electrons. The molecule has 2 heterocycles. The Kier molecular flexibility index (Phi) is 4.10. The summed E-state index contributed by atoms with van der Waals surface area (Å²) in [6, 6.07) is 4.32. The predicted octanol–water partition coefficient (Wildman–Crippen LogP) is 1.75. The van der Waals surface area contributed by atoms with Gasteiger partial charge < -0.3 is 15.4 Å². The minimum absolute atomic E-state index is 0.246. The third kappa shape index (κ3) is 3.14. The lowest BCUT2D eigenvalue weighted by molar-refractivity contribution is 0.141. The molecule has 0 bridgehead atoms. The van der Waals surface area contributed by atoms with Crippen LogP contribution >= 0.6 is 0 Å². The van der Waals surface area contributed by atoms with E-state index in [1.807, 2.05) is 0 Å². The first kappa shape index (κ1) is 14.8. The van der Waals surface area contributed by atoms with Crippen molar-refractivity contribution in [3.8, 4) is 0 Å². The Morgan fingerprint density at radius 1 is 1.17 bits per heavy atom. The number of nitrogens with two attached hydrogens (primary N) is 1. The van der Waals surface area contributed by atoms with E-state index in [0.29, 0.717) is 5.92 Å². The maximum atomic E-state index is 5.64. The summed E-state index contributed by atoms with van der Waals surface area (Å²) in [7, 11) is 0. The number of anilines is 1. The molecule has 4 rings (SSSR count). The number of fused-ring (bicyclic) bond motifs is 2. The maximum Gasteiger partial charge on any atom is 0.240 e. The fourth-order valence-corrected chi connectivity index (χ4v) is 3.80. The summed E-state index contributed by atoms with van der Waals surface area (Å²) in [5, 5.41) is 8.07. The molecule has 1 aliphatic carbocycles. The van der Waals surface area contributed by atoms with Crippen LogP contribution in [0.25, 0.3) is 11.0 Å². The van der Waals surface area contributed by atoms with Crippen LogP contribution in [0.3, 0.4) is 0 Å². The van der Waals surface area contributed by atoms with Crippen molar-refractivity contribution in [1.82, 2.24) is 20.1 Å². The van der Waals surface area contributed by atoms with Crippen molar-refractivity contribution in [2.75, 3.05) is 38.6 Å². The van der Waals surface area contributed by atoms with Gasteiger partial charge in [0.1, 0.15) is 5.52 Å². The molecule has 1 fully saturated rings. The quantitative estimate of drug-likeness (QED) is 0.930. The molecule has 1 aromatic heterocycles. The van der Waals surface area contributed by atoms with Crippen LogP contribution in [0.5, 0.6) is 0 Å². The molecule has 6 nitrogen and oxygen atoms in total. The summed E-state index contributed by atoms with van der Waals surface area (Å²) in [4.78, 5) is 6.83.